The SMILES string of the molecule is CC(O)(c1ccc(O)cc1)c1ccncc1F. The maximum Gasteiger partial charge on any atom is 0.147 e. The van der Waals surface area contributed by atoms with Gasteiger partial charge in [0.1, 0.15) is 17.2 Å². The normalized spacial score (nSPS) is 14.3. The lowest BCUT2D eigenvalue weighted by molar-refractivity contribution is 0.0977. The first-order valence-corrected chi connectivity index (χ1v) is 5.13. The summed E-state index contributed by atoms with van der Waals surface area (Å²) in [5.41, 5.74) is -0.806. The van der Waals surface area contributed by atoms with Gasteiger partial charge in [-0.1, -0.05) is 12.1 Å². The van der Waals surface area contributed by atoms with Crippen molar-refractivity contribution in [1.82, 2.24) is 4.98 Å². The largest absolute Gasteiger partial charge is 0.508 e. The zero-order chi connectivity index (χ0) is 12.5. The Morgan fingerprint density at radius 3 is 2.41 bits per heavy atom. The van der Waals surface area contributed by atoms with Crippen molar-refractivity contribution >= 4 is 0 Å². The zero-order valence-electron chi connectivity index (χ0n) is 9.26. The molecule has 1 unspecified atom stereocenters. The van der Waals surface area contributed by atoms with Crippen LogP contribution < -0.4 is 0 Å². The van der Waals surface area contributed by atoms with Gasteiger partial charge in [-0.3, -0.25) is 4.98 Å². The molecule has 2 aromatic rings. The van der Waals surface area contributed by atoms with E-state index < -0.39 is 11.4 Å². The van der Waals surface area contributed by atoms with Gasteiger partial charge in [-0.2, -0.15) is 0 Å². The number of phenols is 1. The Kier molecular flexibility index (Phi) is 2.81. The fourth-order valence-electron chi connectivity index (χ4n) is 1.71. The minimum atomic E-state index is -1.46. The van der Waals surface area contributed by atoms with E-state index in [2.05, 4.69) is 4.98 Å². The number of nitrogens with zero attached hydrogens (tertiary/aromatic N) is 1. The fraction of sp³-hybridized carbons (Fsp3) is 0.154. The number of pyridine rings is 1. The molecule has 4 heteroatoms. The van der Waals surface area contributed by atoms with Gasteiger partial charge in [0.05, 0.1) is 6.20 Å². The van der Waals surface area contributed by atoms with Gasteiger partial charge in [0.25, 0.3) is 0 Å². The van der Waals surface area contributed by atoms with Crippen molar-refractivity contribution in [2.75, 3.05) is 0 Å². The smallest absolute Gasteiger partial charge is 0.147 e. The molecule has 1 atom stereocenters. The van der Waals surface area contributed by atoms with Crippen LogP contribution >= 0.6 is 0 Å². The number of halogens is 1. The molecule has 0 saturated carbocycles. The first-order chi connectivity index (χ1) is 8.01. The minimum Gasteiger partial charge on any atom is -0.508 e. The van der Waals surface area contributed by atoms with Crippen LogP contribution in [0.5, 0.6) is 5.75 Å². The molecule has 0 fully saturated rings. The summed E-state index contributed by atoms with van der Waals surface area (Å²) < 4.78 is 13.6. The van der Waals surface area contributed by atoms with Crippen LogP contribution in [0.25, 0.3) is 0 Å². The van der Waals surface area contributed by atoms with Crippen molar-refractivity contribution < 1.29 is 14.6 Å². The maximum absolute atomic E-state index is 13.6. The number of aliphatic hydroxyl groups is 1. The van der Waals surface area contributed by atoms with Crippen LogP contribution in [0, 0.1) is 5.82 Å². The van der Waals surface area contributed by atoms with Gasteiger partial charge in [-0.05, 0) is 30.7 Å². The number of aromatic nitrogens is 1. The highest BCUT2D eigenvalue weighted by atomic mass is 19.1. The summed E-state index contributed by atoms with van der Waals surface area (Å²) in [4.78, 5) is 3.64. The Labute approximate surface area is 98.2 Å². The van der Waals surface area contributed by atoms with E-state index in [1.807, 2.05) is 0 Å². The Morgan fingerprint density at radius 2 is 1.82 bits per heavy atom. The number of rotatable bonds is 2. The molecule has 0 aliphatic rings. The van der Waals surface area contributed by atoms with Gasteiger partial charge >= 0.3 is 0 Å². The third-order valence-electron chi connectivity index (χ3n) is 2.73. The molecule has 0 amide bonds. The number of hydrogen-bond acceptors (Lipinski definition) is 3. The molecule has 3 nitrogen and oxygen atoms in total. The molecule has 0 bridgehead atoms. The number of benzene rings is 1. The van der Waals surface area contributed by atoms with E-state index in [-0.39, 0.29) is 11.3 Å². The Bertz CT molecular complexity index is 523. The molecular formula is C13H12FNO2. The first-order valence-electron chi connectivity index (χ1n) is 5.13. The van der Waals surface area contributed by atoms with E-state index in [0.29, 0.717) is 5.56 Å². The Morgan fingerprint density at radius 1 is 1.18 bits per heavy atom. The van der Waals surface area contributed by atoms with Gasteiger partial charge in [-0.25, -0.2) is 4.39 Å². The third kappa shape index (κ3) is 2.12. The molecule has 88 valence electrons. The summed E-state index contributed by atoms with van der Waals surface area (Å²) in [6.45, 7) is 1.50. The summed E-state index contributed by atoms with van der Waals surface area (Å²) >= 11 is 0. The molecule has 2 rings (SSSR count). The highest BCUT2D eigenvalue weighted by molar-refractivity contribution is 5.37. The van der Waals surface area contributed by atoms with Crippen molar-refractivity contribution in [3.05, 3.63) is 59.7 Å². The van der Waals surface area contributed by atoms with Gasteiger partial charge in [0, 0.05) is 11.8 Å². The second kappa shape index (κ2) is 4.14. The first kappa shape index (κ1) is 11.5. The van der Waals surface area contributed by atoms with Gasteiger partial charge < -0.3 is 10.2 Å². The van der Waals surface area contributed by atoms with Crippen molar-refractivity contribution in [2.24, 2.45) is 0 Å². The van der Waals surface area contributed by atoms with E-state index in [1.165, 1.54) is 31.3 Å². The van der Waals surface area contributed by atoms with Gasteiger partial charge in [0.15, 0.2) is 0 Å². The van der Waals surface area contributed by atoms with E-state index in [9.17, 15) is 14.6 Å². The minimum absolute atomic E-state index is 0.0970. The lowest BCUT2D eigenvalue weighted by Crippen LogP contribution is -2.24. The molecule has 0 saturated heterocycles. The van der Waals surface area contributed by atoms with E-state index in [0.717, 1.165) is 6.20 Å². The van der Waals surface area contributed by atoms with E-state index in [1.54, 1.807) is 12.1 Å². The van der Waals surface area contributed by atoms with Crippen LogP contribution in [-0.2, 0) is 5.60 Å². The molecule has 0 radical (unpaired) electrons. The Hall–Kier alpha value is -1.94. The van der Waals surface area contributed by atoms with Crippen LogP contribution in [0.3, 0.4) is 0 Å². The summed E-state index contributed by atoms with van der Waals surface area (Å²) in [5.74, 6) is -0.467. The average molecular weight is 233 g/mol. The molecule has 1 heterocycles. The Balaban J connectivity index is 2.49. The quantitative estimate of drug-likeness (QED) is 0.835. The van der Waals surface area contributed by atoms with Crippen LogP contribution in [0.1, 0.15) is 18.1 Å². The summed E-state index contributed by atoms with van der Waals surface area (Å²) in [6, 6.07) is 7.43. The van der Waals surface area contributed by atoms with Crippen molar-refractivity contribution in [2.45, 2.75) is 12.5 Å². The maximum atomic E-state index is 13.6. The average Bonchev–Trinajstić information content (AvgIpc) is 2.30. The fourth-order valence-corrected chi connectivity index (χ4v) is 1.71. The van der Waals surface area contributed by atoms with Crippen LogP contribution in [0.4, 0.5) is 4.39 Å². The zero-order valence-corrected chi connectivity index (χ0v) is 9.26. The van der Waals surface area contributed by atoms with Crippen LogP contribution in [-0.4, -0.2) is 15.2 Å². The van der Waals surface area contributed by atoms with Crippen LogP contribution in [0.15, 0.2) is 42.7 Å². The molecule has 0 spiro atoms. The van der Waals surface area contributed by atoms with Crippen molar-refractivity contribution in [3.63, 3.8) is 0 Å². The molecule has 0 aliphatic carbocycles. The number of aromatic hydroxyl groups is 1. The highest BCUT2D eigenvalue weighted by Gasteiger charge is 2.28. The third-order valence-corrected chi connectivity index (χ3v) is 2.73. The predicted octanol–water partition coefficient (Wildman–Crippen LogP) is 2.18. The standard InChI is InChI=1S/C13H12FNO2/c1-13(17,9-2-4-10(16)5-3-9)11-6-7-15-8-12(11)14/h2-8,16-17H,1H3. The molecule has 2 N–H and O–H groups in total. The summed E-state index contributed by atoms with van der Waals surface area (Å²) in [7, 11) is 0. The molecule has 1 aromatic heterocycles. The highest BCUT2D eigenvalue weighted by Crippen LogP contribution is 2.31. The molecular weight excluding hydrogens is 221 g/mol. The van der Waals surface area contributed by atoms with E-state index in [4.69, 9.17) is 0 Å². The van der Waals surface area contributed by atoms with Crippen LogP contribution in [0.2, 0.25) is 0 Å². The van der Waals surface area contributed by atoms with Crippen molar-refractivity contribution in [3.8, 4) is 5.75 Å². The molecule has 17 heavy (non-hydrogen) atoms. The number of hydrogen-bond donors (Lipinski definition) is 2. The second-order valence-electron chi connectivity index (χ2n) is 3.97. The summed E-state index contributed by atoms with van der Waals surface area (Å²) in [5, 5.41) is 19.6. The molecule has 0 aliphatic heterocycles. The van der Waals surface area contributed by atoms with E-state index >= 15 is 0 Å². The lowest BCUT2D eigenvalue weighted by Gasteiger charge is -2.24. The lowest BCUT2D eigenvalue weighted by atomic mass is 9.88. The monoisotopic (exact) mass is 233 g/mol. The topological polar surface area (TPSA) is 53.4 Å². The molecule has 1 aromatic carbocycles. The second-order valence-corrected chi connectivity index (χ2v) is 3.97. The summed E-state index contributed by atoms with van der Waals surface area (Å²) in [6.07, 6.45) is 2.48. The van der Waals surface area contributed by atoms with Gasteiger partial charge in [-0.15, -0.1) is 0 Å². The van der Waals surface area contributed by atoms with Gasteiger partial charge in [0.2, 0.25) is 0 Å². The predicted molar refractivity (Wildman–Crippen MR) is 61.0 cm³/mol. The van der Waals surface area contributed by atoms with Crippen molar-refractivity contribution in [1.29, 1.82) is 0 Å². The number of phenolic OH excluding ortho intramolecular Hbond substituents is 1.